The molecule has 0 aromatic heterocycles. The van der Waals surface area contributed by atoms with Crippen LogP contribution in [-0.2, 0) is 16.0 Å². The Kier molecular flexibility index (Phi) is 9.92. The van der Waals surface area contributed by atoms with E-state index in [0.717, 1.165) is 43.4 Å². The van der Waals surface area contributed by atoms with Crippen molar-refractivity contribution in [2.75, 3.05) is 13.7 Å². The normalized spacial score (nSPS) is 10.5. The first-order valence-corrected chi connectivity index (χ1v) is 8.69. The lowest BCUT2D eigenvalue weighted by molar-refractivity contribution is -0.140. The summed E-state index contributed by atoms with van der Waals surface area (Å²) in [4.78, 5) is 11.0. The number of hydrogen-bond acceptors (Lipinski definition) is 4. The zero-order chi connectivity index (χ0) is 16.9. The van der Waals surface area contributed by atoms with Gasteiger partial charge in [-0.25, -0.2) is 0 Å². The van der Waals surface area contributed by atoms with Crippen molar-refractivity contribution >= 4 is 5.97 Å². The molecule has 0 fully saturated rings. The molecule has 23 heavy (non-hydrogen) atoms. The van der Waals surface area contributed by atoms with E-state index in [1.54, 1.807) is 12.1 Å². The van der Waals surface area contributed by atoms with Crippen LogP contribution in [0, 0.1) is 0 Å². The van der Waals surface area contributed by atoms with Gasteiger partial charge in [-0.15, -0.1) is 0 Å². The number of benzene rings is 1. The van der Waals surface area contributed by atoms with Crippen LogP contribution in [0.1, 0.15) is 63.9 Å². The lowest BCUT2D eigenvalue weighted by Crippen LogP contribution is -2.02. The molecule has 130 valence electrons. The quantitative estimate of drug-likeness (QED) is 0.450. The number of esters is 1. The van der Waals surface area contributed by atoms with Crippen LogP contribution in [0.2, 0.25) is 0 Å². The van der Waals surface area contributed by atoms with Gasteiger partial charge >= 0.3 is 5.97 Å². The van der Waals surface area contributed by atoms with Crippen molar-refractivity contribution in [1.82, 2.24) is 0 Å². The Labute approximate surface area is 139 Å². The number of carbonyl (C=O) groups is 1. The van der Waals surface area contributed by atoms with Gasteiger partial charge in [-0.05, 0) is 43.7 Å². The van der Waals surface area contributed by atoms with Crippen LogP contribution in [0.25, 0.3) is 0 Å². The number of aromatic hydroxyl groups is 1. The first-order chi connectivity index (χ1) is 11.2. The predicted octanol–water partition coefficient (Wildman–Crippen LogP) is 4.63. The Balaban J connectivity index is 2.33. The number of ether oxygens (including phenoxy) is 2. The molecule has 1 rings (SSSR count). The van der Waals surface area contributed by atoms with Gasteiger partial charge < -0.3 is 14.6 Å². The lowest BCUT2D eigenvalue weighted by atomic mass is 10.1. The van der Waals surface area contributed by atoms with E-state index in [1.165, 1.54) is 26.4 Å². The Bertz CT molecular complexity index is 457. The van der Waals surface area contributed by atoms with E-state index in [2.05, 4.69) is 11.7 Å². The van der Waals surface area contributed by atoms with E-state index in [1.807, 2.05) is 6.07 Å². The van der Waals surface area contributed by atoms with Gasteiger partial charge in [-0.1, -0.05) is 32.3 Å². The topological polar surface area (TPSA) is 55.8 Å². The standard InChI is InChI=1S/C19H30O4/c1-3-4-5-7-10-16-12-13-17(20)15-18(16)23-14-9-6-8-11-19(21)22-2/h12-13,15,20H,3-11,14H2,1-2H3. The zero-order valence-electron chi connectivity index (χ0n) is 14.5. The largest absolute Gasteiger partial charge is 0.508 e. The van der Waals surface area contributed by atoms with Gasteiger partial charge in [-0.2, -0.15) is 0 Å². The van der Waals surface area contributed by atoms with Crippen molar-refractivity contribution < 1.29 is 19.4 Å². The van der Waals surface area contributed by atoms with Crippen molar-refractivity contribution in [3.05, 3.63) is 23.8 Å². The highest BCUT2D eigenvalue weighted by Crippen LogP contribution is 2.26. The molecule has 1 aromatic carbocycles. The van der Waals surface area contributed by atoms with E-state index in [0.29, 0.717) is 13.0 Å². The molecular formula is C19H30O4. The molecule has 1 aromatic rings. The van der Waals surface area contributed by atoms with E-state index in [4.69, 9.17) is 4.74 Å². The molecule has 0 saturated carbocycles. The van der Waals surface area contributed by atoms with E-state index in [9.17, 15) is 9.90 Å². The summed E-state index contributed by atoms with van der Waals surface area (Å²) in [6.45, 7) is 2.81. The fourth-order valence-corrected chi connectivity index (χ4v) is 2.46. The third kappa shape index (κ3) is 8.48. The number of hydrogen-bond donors (Lipinski definition) is 1. The Morgan fingerprint density at radius 1 is 1.09 bits per heavy atom. The average Bonchev–Trinajstić information content (AvgIpc) is 2.56. The molecular weight excluding hydrogens is 292 g/mol. The van der Waals surface area contributed by atoms with Crippen LogP contribution < -0.4 is 4.74 Å². The molecule has 0 unspecified atom stereocenters. The third-order valence-electron chi connectivity index (χ3n) is 3.86. The van der Waals surface area contributed by atoms with Gasteiger partial charge in [0.1, 0.15) is 11.5 Å². The number of aryl methyl sites for hydroxylation is 1. The molecule has 0 amide bonds. The second-order valence-corrected chi connectivity index (χ2v) is 5.84. The Hall–Kier alpha value is -1.71. The zero-order valence-corrected chi connectivity index (χ0v) is 14.5. The minimum Gasteiger partial charge on any atom is -0.508 e. The summed E-state index contributed by atoms with van der Waals surface area (Å²) in [7, 11) is 1.41. The highest BCUT2D eigenvalue weighted by molar-refractivity contribution is 5.68. The molecule has 4 nitrogen and oxygen atoms in total. The summed E-state index contributed by atoms with van der Waals surface area (Å²) < 4.78 is 10.4. The maximum atomic E-state index is 11.0. The fourth-order valence-electron chi connectivity index (χ4n) is 2.46. The van der Waals surface area contributed by atoms with Crippen molar-refractivity contribution in [2.24, 2.45) is 0 Å². The van der Waals surface area contributed by atoms with Crippen LogP contribution in [0.3, 0.4) is 0 Å². The number of phenols is 1. The number of rotatable bonds is 12. The van der Waals surface area contributed by atoms with Crippen LogP contribution in [-0.4, -0.2) is 24.8 Å². The first-order valence-electron chi connectivity index (χ1n) is 8.69. The lowest BCUT2D eigenvalue weighted by Gasteiger charge is -2.12. The Morgan fingerprint density at radius 3 is 2.61 bits per heavy atom. The van der Waals surface area contributed by atoms with E-state index in [-0.39, 0.29) is 11.7 Å². The molecule has 1 N–H and O–H groups in total. The third-order valence-corrected chi connectivity index (χ3v) is 3.86. The summed E-state index contributed by atoms with van der Waals surface area (Å²) >= 11 is 0. The molecule has 0 atom stereocenters. The summed E-state index contributed by atoms with van der Waals surface area (Å²) in [6.07, 6.45) is 8.95. The predicted molar refractivity (Wildman–Crippen MR) is 91.9 cm³/mol. The van der Waals surface area contributed by atoms with Crippen molar-refractivity contribution in [3.63, 3.8) is 0 Å². The van der Waals surface area contributed by atoms with Gasteiger partial charge in [0.05, 0.1) is 13.7 Å². The number of phenolic OH excluding ortho intramolecular Hbond substituents is 1. The summed E-state index contributed by atoms with van der Waals surface area (Å²) in [5, 5.41) is 9.64. The second-order valence-electron chi connectivity index (χ2n) is 5.84. The molecule has 0 aliphatic heterocycles. The SMILES string of the molecule is CCCCCCc1ccc(O)cc1OCCCCCC(=O)OC. The van der Waals surface area contributed by atoms with Crippen LogP contribution in [0.4, 0.5) is 0 Å². The molecule has 0 aliphatic carbocycles. The molecule has 0 spiro atoms. The minimum atomic E-state index is -0.159. The molecule has 0 radical (unpaired) electrons. The fraction of sp³-hybridized carbons (Fsp3) is 0.632. The highest BCUT2D eigenvalue weighted by atomic mass is 16.5. The number of carbonyl (C=O) groups excluding carboxylic acids is 1. The van der Waals surface area contributed by atoms with Gasteiger partial charge in [0.25, 0.3) is 0 Å². The molecule has 0 bridgehead atoms. The van der Waals surface area contributed by atoms with Crippen molar-refractivity contribution in [2.45, 2.75) is 64.7 Å². The first kappa shape index (κ1) is 19.3. The van der Waals surface area contributed by atoms with Crippen LogP contribution in [0.5, 0.6) is 11.5 Å². The van der Waals surface area contributed by atoms with Crippen LogP contribution >= 0.6 is 0 Å². The number of methoxy groups -OCH3 is 1. The molecule has 0 heterocycles. The maximum absolute atomic E-state index is 11.0. The summed E-state index contributed by atoms with van der Waals surface area (Å²) in [5.41, 5.74) is 1.16. The van der Waals surface area contributed by atoms with Crippen LogP contribution in [0.15, 0.2) is 18.2 Å². The summed E-state index contributed by atoms with van der Waals surface area (Å²) in [5.74, 6) is 0.866. The molecule has 0 saturated heterocycles. The van der Waals surface area contributed by atoms with Crippen molar-refractivity contribution in [3.8, 4) is 11.5 Å². The summed E-state index contributed by atoms with van der Waals surface area (Å²) in [6, 6.07) is 5.37. The molecule has 0 aliphatic rings. The number of unbranched alkanes of at least 4 members (excludes halogenated alkanes) is 5. The maximum Gasteiger partial charge on any atom is 0.305 e. The van der Waals surface area contributed by atoms with Gasteiger partial charge in [0.2, 0.25) is 0 Å². The highest BCUT2D eigenvalue weighted by Gasteiger charge is 2.06. The van der Waals surface area contributed by atoms with Gasteiger partial charge in [-0.3, -0.25) is 4.79 Å². The smallest absolute Gasteiger partial charge is 0.305 e. The minimum absolute atomic E-state index is 0.159. The monoisotopic (exact) mass is 322 g/mol. The van der Waals surface area contributed by atoms with Gasteiger partial charge in [0.15, 0.2) is 0 Å². The Morgan fingerprint density at radius 2 is 1.87 bits per heavy atom. The average molecular weight is 322 g/mol. The second kappa shape index (κ2) is 11.8. The van der Waals surface area contributed by atoms with Crippen molar-refractivity contribution in [1.29, 1.82) is 0 Å². The van der Waals surface area contributed by atoms with Gasteiger partial charge in [0, 0.05) is 12.5 Å². The van der Waals surface area contributed by atoms with E-state index < -0.39 is 0 Å². The molecule has 4 heteroatoms. The van der Waals surface area contributed by atoms with E-state index >= 15 is 0 Å².